The summed E-state index contributed by atoms with van der Waals surface area (Å²) in [5.41, 5.74) is -3.43. The Labute approximate surface area is 106 Å². The summed E-state index contributed by atoms with van der Waals surface area (Å²) < 4.78 is 55.4. The highest BCUT2D eigenvalue weighted by Crippen LogP contribution is 2.34. The quantitative estimate of drug-likeness (QED) is 0.679. The van der Waals surface area contributed by atoms with Gasteiger partial charge in [-0.25, -0.2) is 9.18 Å². The Morgan fingerprint density at radius 1 is 1.42 bits per heavy atom. The SMILES string of the molecule is C=C[C@](C)(Oc1ccc(F)c(C(F)(F)F)c1)C(=O)O. The fraction of sp³-hybridized carbons (Fsp3) is 0.250. The van der Waals surface area contributed by atoms with Gasteiger partial charge in [-0.3, -0.25) is 0 Å². The smallest absolute Gasteiger partial charge is 0.419 e. The summed E-state index contributed by atoms with van der Waals surface area (Å²) in [6.45, 7) is 4.35. The molecule has 1 aromatic carbocycles. The molecule has 19 heavy (non-hydrogen) atoms. The van der Waals surface area contributed by atoms with Crippen LogP contribution >= 0.6 is 0 Å². The van der Waals surface area contributed by atoms with Crippen LogP contribution in [0, 0.1) is 5.82 Å². The van der Waals surface area contributed by atoms with Gasteiger partial charge in [0.25, 0.3) is 0 Å². The molecule has 0 bridgehead atoms. The van der Waals surface area contributed by atoms with E-state index in [4.69, 9.17) is 9.84 Å². The molecule has 0 saturated carbocycles. The fourth-order valence-corrected chi connectivity index (χ4v) is 1.20. The molecule has 1 atom stereocenters. The van der Waals surface area contributed by atoms with Crippen molar-refractivity contribution in [1.29, 1.82) is 0 Å². The van der Waals surface area contributed by atoms with Crippen molar-refractivity contribution in [2.75, 3.05) is 0 Å². The van der Waals surface area contributed by atoms with Crippen molar-refractivity contribution >= 4 is 5.97 Å². The zero-order chi connectivity index (χ0) is 14.8. The van der Waals surface area contributed by atoms with E-state index < -0.39 is 34.9 Å². The van der Waals surface area contributed by atoms with E-state index >= 15 is 0 Å². The number of hydrogen-bond acceptors (Lipinski definition) is 2. The Balaban J connectivity index is 3.17. The lowest BCUT2D eigenvalue weighted by molar-refractivity contribution is -0.149. The first-order chi connectivity index (χ1) is 8.60. The minimum absolute atomic E-state index is 0.403. The molecule has 0 aromatic heterocycles. The highest BCUT2D eigenvalue weighted by Gasteiger charge is 2.36. The van der Waals surface area contributed by atoms with Gasteiger partial charge >= 0.3 is 12.1 Å². The Morgan fingerprint density at radius 2 is 2.00 bits per heavy atom. The normalized spacial score (nSPS) is 14.6. The lowest BCUT2D eigenvalue weighted by Gasteiger charge is -2.23. The zero-order valence-corrected chi connectivity index (χ0v) is 9.79. The third kappa shape index (κ3) is 3.24. The highest BCUT2D eigenvalue weighted by molar-refractivity contribution is 5.79. The monoisotopic (exact) mass is 278 g/mol. The van der Waals surface area contributed by atoms with Gasteiger partial charge in [-0.15, -0.1) is 0 Å². The molecule has 104 valence electrons. The highest BCUT2D eigenvalue weighted by atomic mass is 19.4. The van der Waals surface area contributed by atoms with Crippen LogP contribution in [0.1, 0.15) is 12.5 Å². The molecular weight excluding hydrogens is 268 g/mol. The van der Waals surface area contributed by atoms with E-state index in [-0.39, 0.29) is 0 Å². The third-order valence-corrected chi connectivity index (χ3v) is 2.39. The van der Waals surface area contributed by atoms with E-state index in [9.17, 15) is 22.4 Å². The second-order valence-corrected chi connectivity index (χ2v) is 3.86. The first kappa shape index (κ1) is 15.0. The van der Waals surface area contributed by atoms with E-state index in [1.165, 1.54) is 0 Å². The van der Waals surface area contributed by atoms with Gasteiger partial charge in [0.15, 0.2) is 0 Å². The average molecular weight is 278 g/mol. The molecular formula is C12H10F4O3. The molecule has 7 heteroatoms. The van der Waals surface area contributed by atoms with Crippen molar-refractivity contribution in [2.45, 2.75) is 18.7 Å². The van der Waals surface area contributed by atoms with Gasteiger partial charge in [-0.05, 0) is 31.2 Å². The maximum Gasteiger partial charge on any atom is 0.419 e. The minimum Gasteiger partial charge on any atom is -0.478 e. The minimum atomic E-state index is -4.89. The average Bonchev–Trinajstić information content (AvgIpc) is 2.29. The Kier molecular flexibility index (Phi) is 3.88. The molecule has 3 nitrogen and oxygen atoms in total. The maximum absolute atomic E-state index is 13.0. The number of carbonyl (C=O) groups is 1. The lowest BCUT2D eigenvalue weighted by Crippen LogP contribution is -2.39. The van der Waals surface area contributed by atoms with Gasteiger partial charge in [-0.1, -0.05) is 6.58 Å². The second kappa shape index (κ2) is 4.91. The van der Waals surface area contributed by atoms with Crippen LogP contribution in [-0.4, -0.2) is 16.7 Å². The second-order valence-electron chi connectivity index (χ2n) is 3.86. The van der Waals surface area contributed by atoms with Crippen LogP contribution in [0.5, 0.6) is 5.75 Å². The van der Waals surface area contributed by atoms with Crippen LogP contribution in [0.3, 0.4) is 0 Å². The van der Waals surface area contributed by atoms with E-state index in [0.29, 0.717) is 12.1 Å². The van der Waals surface area contributed by atoms with Gasteiger partial charge < -0.3 is 9.84 Å². The van der Waals surface area contributed by atoms with Crippen molar-refractivity contribution < 1.29 is 32.2 Å². The molecule has 0 unspecified atom stereocenters. The van der Waals surface area contributed by atoms with Crippen molar-refractivity contribution in [3.63, 3.8) is 0 Å². The molecule has 0 aliphatic heterocycles. The van der Waals surface area contributed by atoms with Gasteiger partial charge in [0, 0.05) is 0 Å². The summed E-state index contributed by atoms with van der Waals surface area (Å²) in [7, 11) is 0. The molecule has 0 saturated heterocycles. The summed E-state index contributed by atoms with van der Waals surface area (Å²) in [6, 6.07) is 1.87. The molecule has 0 aliphatic carbocycles. The van der Waals surface area contributed by atoms with Crippen LogP contribution in [0.4, 0.5) is 17.6 Å². The molecule has 0 fully saturated rings. The van der Waals surface area contributed by atoms with Crippen LogP contribution in [0.2, 0.25) is 0 Å². The number of halogens is 4. The van der Waals surface area contributed by atoms with E-state index in [0.717, 1.165) is 19.1 Å². The number of ether oxygens (including phenoxy) is 1. The topological polar surface area (TPSA) is 46.5 Å². The number of hydrogen-bond donors (Lipinski definition) is 1. The van der Waals surface area contributed by atoms with Crippen molar-refractivity contribution in [3.05, 3.63) is 42.2 Å². The number of carboxylic acid groups (broad SMARTS) is 1. The first-order valence-electron chi connectivity index (χ1n) is 5.03. The van der Waals surface area contributed by atoms with Crippen molar-refractivity contribution in [2.24, 2.45) is 0 Å². The number of rotatable bonds is 4. The standard InChI is InChI=1S/C12H10F4O3/c1-3-11(2,10(17)18)19-7-4-5-9(13)8(6-7)12(14,15)16/h3-6H,1H2,2H3,(H,17,18)/t11-/m0/s1. The van der Waals surface area contributed by atoms with Gasteiger partial charge in [0.1, 0.15) is 11.6 Å². The summed E-state index contributed by atoms with van der Waals surface area (Å²) in [5.74, 6) is -3.31. The molecule has 1 rings (SSSR count). The Hall–Kier alpha value is -2.05. The van der Waals surface area contributed by atoms with Crippen LogP contribution in [-0.2, 0) is 11.0 Å². The first-order valence-corrected chi connectivity index (χ1v) is 5.03. The molecule has 0 radical (unpaired) electrons. The van der Waals surface area contributed by atoms with Gasteiger partial charge in [0.05, 0.1) is 5.56 Å². The molecule has 0 spiro atoms. The summed E-state index contributed by atoms with van der Waals surface area (Å²) in [5, 5.41) is 8.89. The number of carboxylic acids is 1. The predicted octanol–water partition coefficient (Wildman–Crippen LogP) is 3.25. The van der Waals surface area contributed by atoms with E-state index in [1.807, 2.05) is 0 Å². The third-order valence-electron chi connectivity index (χ3n) is 2.39. The Bertz CT molecular complexity index is 510. The number of alkyl halides is 3. The maximum atomic E-state index is 13.0. The predicted molar refractivity (Wildman–Crippen MR) is 58.3 cm³/mol. The van der Waals surface area contributed by atoms with Crippen LogP contribution in [0.15, 0.2) is 30.9 Å². The number of aliphatic carboxylic acids is 1. The van der Waals surface area contributed by atoms with Gasteiger partial charge in [0.2, 0.25) is 5.60 Å². The van der Waals surface area contributed by atoms with Crippen LogP contribution < -0.4 is 4.74 Å². The fourth-order valence-electron chi connectivity index (χ4n) is 1.20. The summed E-state index contributed by atoms with van der Waals surface area (Å²) >= 11 is 0. The largest absolute Gasteiger partial charge is 0.478 e. The lowest BCUT2D eigenvalue weighted by atomic mass is 10.1. The zero-order valence-electron chi connectivity index (χ0n) is 9.79. The van der Waals surface area contributed by atoms with Gasteiger partial charge in [-0.2, -0.15) is 13.2 Å². The summed E-state index contributed by atoms with van der Waals surface area (Å²) in [6.07, 6.45) is -3.97. The molecule has 1 aromatic rings. The Morgan fingerprint density at radius 3 is 2.42 bits per heavy atom. The van der Waals surface area contributed by atoms with Crippen molar-refractivity contribution in [3.8, 4) is 5.75 Å². The number of benzene rings is 1. The molecule has 1 N–H and O–H groups in total. The van der Waals surface area contributed by atoms with E-state index in [2.05, 4.69) is 6.58 Å². The van der Waals surface area contributed by atoms with Crippen molar-refractivity contribution in [1.82, 2.24) is 0 Å². The molecule has 0 amide bonds. The summed E-state index contributed by atoms with van der Waals surface area (Å²) in [4.78, 5) is 10.9. The molecule has 0 aliphatic rings. The molecule has 0 heterocycles. The van der Waals surface area contributed by atoms with Crippen LogP contribution in [0.25, 0.3) is 0 Å². The van der Waals surface area contributed by atoms with E-state index in [1.54, 1.807) is 0 Å².